The van der Waals surface area contributed by atoms with Gasteiger partial charge in [0, 0.05) is 11.3 Å². The summed E-state index contributed by atoms with van der Waals surface area (Å²) >= 11 is 0. The van der Waals surface area contributed by atoms with Crippen molar-refractivity contribution >= 4 is 23.5 Å². The first-order valence-electron chi connectivity index (χ1n) is 9.48. The monoisotopic (exact) mass is 439 g/mol. The Morgan fingerprint density at radius 2 is 1.47 bits per heavy atom. The van der Waals surface area contributed by atoms with Gasteiger partial charge in [0.2, 0.25) is 0 Å². The highest BCUT2D eigenvalue weighted by atomic mass is 19.2. The van der Waals surface area contributed by atoms with Gasteiger partial charge in [-0.3, -0.25) is 14.9 Å². The summed E-state index contributed by atoms with van der Waals surface area (Å²) in [5.41, 5.74) is 0.639. The van der Waals surface area contributed by atoms with Gasteiger partial charge in [0.25, 0.3) is 11.8 Å². The van der Waals surface area contributed by atoms with E-state index in [2.05, 4.69) is 16.0 Å². The summed E-state index contributed by atoms with van der Waals surface area (Å²) in [5.74, 6) is -5.04. The smallest absolute Gasteiger partial charge is 0.322 e. The molecular formula is C23H16F3N3O3. The third-order valence-corrected chi connectivity index (χ3v) is 5.23. The molecule has 0 saturated carbocycles. The first kappa shape index (κ1) is 21.1. The summed E-state index contributed by atoms with van der Waals surface area (Å²) in [4.78, 5) is 35.9. The van der Waals surface area contributed by atoms with E-state index in [1.54, 1.807) is 31.2 Å². The van der Waals surface area contributed by atoms with E-state index < -0.39 is 40.8 Å². The molecule has 0 spiro atoms. The number of carbonyl (C=O) groups is 3. The summed E-state index contributed by atoms with van der Waals surface area (Å²) < 4.78 is 40.0. The normalized spacial score (nSPS) is 17.6. The summed E-state index contributed by atoms with van der Waals surface area (Å²) in [5, 5.41) is 7.43. The molecule has 4 rings (SSSR count). The maximum absolute atomic E-state index is 13.4. The maximum atomic E-state index is 13.4. The van der Waals surface area contributed by atoms with Crippen LogP contribution in [-0.2, 0) is 10.3 Å². The van der Waals surface area contributed by atoms with Crippen LogP contribution in [0.5, 0.6) is 0 Å². The Hall–Kier alpha value is -4.14. The van der Waals surface area contributed by atoms with Gasteiger partial charge in [-0.15, -0.1) is 0 Å². The highest BCUT2D eigenvalue weighted by Crippen LogP contribution is 2.27. The molecule has 0 radical (unpaired) electrons. The Morgan fingerprint density at radius 1 is 0.875 bits per heavy atom. The van der Waals surface area contributed by atoms with Crippen LogP contribution in [0.25, 0.3) is 11.1 Å². The molecule has 32 heavy (non-hydrogen) atoms. The minimum absolute atomic E-state index is 0.139. The average molecular weight is 439 g/mol. The zero-order valence-corrected chi connectivity index (χ0v) is 16.6. The zero-order chi connectivity index (χ0) is 23.0. The average Bonchev–Trinajstić information content (AvgIpc) is 3.04. The SMILES string of the molecule is CC1(c2ccc(NC(=O)c3ccc(-c4cc(F)c(F)c(F)c4)cc3)cc2)NC(=O)NC1=O. The van der Waals surface area contributed by atoms with Gasteiger partial charge < -0.3 is 10.6 Å². The van der Waals surface area contributed by atoms with Crippen molar-refractivity contribution in [1.29, 1.82) is 0 Å². The van der Waals surface area contributed by atoms with Gasteiger partial charge in [-0.25, -0.2) is 18.0 Å². The third kappa shape index (κ3) is 3.80. The Kier molecular flexibility index (Phi) is 5.17. The second-order valence-electron chi connectivity index (χ2n) is 7.40. The molecule has 3 N–H and O–H groups in total. The standard InChI is InChI=1S/C23H16F3N3O3/c1-23(21(31)28-22(32)29-23)15-6-8-16(9-7-15)27-20(30)13-4-2-12(3-5-13)14-10-17(24)19(26)18(25)11-14/h2-11H,1H3,(H,27,30)(H2,28,29,31,32). The van der Waals surface area contributed by atoms with Crippen molar-refractivity contribution in [2.75, 3.05) is 5.32 Å². The van der Waals surface area contributed by atoms with Crippen LogP contribution >= 0.6 is 0 Å². The number of hydrogen-bond donors (Lipinski definition) is 3. The minimum Gasteiger partial charge on any atom is -0.322 e. The molecule has 9 heteroatoms. The van der Waals surface area contributed by atoms with Gasteiger partial charge in [0.1, 0.15) is 5.54 Å². The van der Waals surface area contributed by atoms with Gasteiger partial charge >= 0.3 is 6.03 Å². The molecule has 3 aromatic rings. The van der Waals surface area contributed by atoms with Crippen LogP contribution in [0.1, 0.15) is 22.8 Å². The largest absolute Gasteiger partial charge is 0.322 e. The van der Waals surface area contributed by atoms with E-state index in [0.717, 1.165) is 12.1 Å². The van der Waals surface area contributed by atoms with E-state index in [0.29, 0.717) is 16.8 Å². The predicted molar refractivity (Wildman–Crippen MR) is 110 cm³/mol. The lowest BCUT2D eigenvalue weighted by molar-refractivity contribution is -0.123. The van der Waals surface area contributed by atoms with E-state index in [9.17, 15) is 27.6 Å². The molecule has 1 saturated heterocycles. The minimum atomic E-state index is -1.54. The van der Waals surface area contributed by atoms with Crippen LogP contribution in [0, 0.1) is 17.5 Å². The molecule has 4 amide bonds. The van der Waals surface area contributed by atoms with Gasteiger partial charge in [0.05, 0.1) is 0 Å². The van der Waals surface area contributed by atoms with Crippen molar-refractivity contribution in [3.63, 3.8) is 0 Å². The Labute approximate surface area is 180 Å². The molecule has 6 nitrogen and oxygen atoms in total. The van der Waals surface area contributed by atoms with E-state index in [1.165, 1.54) is 24.3 Å². The number of anilines is 1. The van der Waals surface area contributed by atoms with Gasteiger partial charge in [-0.1, -0.05) is 24.3 Å². The summed E-state index contributed by atoms with van der Waals surface area (Å²) in [6.07, 6.45) is 0. The molecule has 1 unspecified atom stereocenters. The molecule has 1 aliphatic rings. The lowest BCUT2D eigenvalue weighted by Gasteiger charge is -2.21. The van der Waals surface area contributed by atoms with Crippen molar-refractivity contribution in [2.24, 2.45) is 0 Å². The van der Waals surface area contributed by atoms with Crippen molar-refractivity contribution in [2.45, 2.75) is 12.5 Å². The number of rotatable bonds is 4. The Balaban J connectivity index is 1.47. The Morgan fingerprint density at radius 3 is 2.00 bits per heavy atom. The van der Waals surface area contributed by atoms with E-state index >= 15 is 0 Å². The van der Waals surface area contributed by atoms with Crippen LogP contribution in [-0.4, -0.2) is 17.8 Å². The van der Waals surface area contributed by atoms with E-state index in [4.69, 9.17) is 0 Å². The topological polar surface area (TPSA) is 87.3 Å². The van der Waals surface area contributed by atoms with E-state index in [-0.39, 0.29) is 11.1 Å². The summed E-state index contributed by atoms with van der Waals surface area (Å²) in [6.45, 7) is 1.57. The number of nitrogens with one attached hydrogen (secondary N) is 3. The molecule has 162 valence electrons. The Bertz CT molecular complexity index is 1220. The number of carbonyl (C=O) groups excluding carboxylic acids is 3. The van der Waals surface area contributed by atoms with Crippen LogP contribution in [0.3, 0.4) is 0 Å². The summed E-state index contributed by atoms with van der Waals surface area (Å²) in [6, 6.07) is 13.5. The predicted octanol–water partition coefficient (Wildman–Crippen LogP) is 4.08. The maximum Gasteiger partial charge on any atom is 0.322 e. The highest BCUT2D eigenvalue weighted by Gasteiger charge is 2.43. The third-order valence-electron chi connectivity index (χ3n) is 5.23. The quantitative estimate of drug-likeness (QED) is 0.423. The fourth-order valence-corrected chi connectivity index (χ4v) is 3.37. The number of imide groups is 1. The zero-order valence-electron chi connectivity index (χ0n) is 16.6. The van der Waals surface area contributed by atoms with Crippen LogP contribution in [0.4, 0.5) is 23.7 Å². The number of benzene rings is 3. The fraction of sp³-hybridized carbons (Fsp3) is 0.0870. The molecule has 1 atom stereocenters. The first-order chi connectivity index (χ1) is 15.2. The molecule has 1 aliphatic heterocycles. The fourth-order valence-electron chi connectivity index (χ4n) is 3.37. The van der Waals surface area contributed by atoms with Crippen molar-refractivity contribution in [3.8, 4) is 11.1 Å². The van der Waals surface area contributed by atoms with Crippen molar-refractivity contribution < 1.29 is 27.6 Å². The highest BCUT2D eigenvalue weighted by molar-refractivity contribution is 6.07. The lowest BCUT2D eigenvalue weighted by Crippen LogP contribution is -2.40. The molecular weight excluding hydrogens is 423 g/mol. The summed E-state index contributed by atoms with van der Waals surface area (Å²) in [7, 11) is 0. The molecule has 1 fully saturated rings. The number of amides is 4. The van der Waals surface area contributed by atoms with Crippen LogP contribution < -0.4 is 16.0 Å². The molecule has 0 bridgehead atoms. The molecule has 1 heterocycles. The second-order valence-corrected chi connectivity index (χ2v) is 7.40. The molecule has 0 aromatic heterocycles. The van der Waals surface area contributed by atoms with Crippen molar-refractivity contribution in [3.05, 3.63) is 89.2 Å². The van der Waals surface area contributed by atoms with Crippen LogP contribution in [0.15, 0.2) is 60.7 Å². The van der Waals surface area contributed by atoms with Crippen molar-refractivity contribution in [1.82, 2.24) is 10.6 Å². The lowest BCUT2D eigenvalue weighted by atomic mass is 9.92. The molecule has 3 aromatic carbocycles. The first-order valence-corrected chi connectivity index (χ1v) is 9.48. The van der Waals surface area contributed by atoms with Gasteiger partial charge in [0.15, 0.2) is 17.5 Å². The van der Waals surface area contributed by atoms with E-state index in [1.807, 2.05) is 0 Å². The second kappa shape index (κ2) is 7.84. The number of hydrogen-bond acceptors (Lipinski definition) is 3. The molecule has 0 aliphatic carbocycles. The number of urea groups is 1. The number of halogens is 3. The van der Waals surface area contributed by atoms with Gasteiger partial charge in [-0.2, -0.15) is 0 Å². The van der Waals surface area contributed by atoms with Crippen LogP contribution in [0.2, 0.25) is 0 Å². The van der Waals surface area contributed by atoms with Gasteiger partial charge in [-0.05, 0) is 60.0 Å².